The zero-order valence-corrected chi connectivity index (χ0v) is 23.5. The summed E-state index contributed by atoms with van der Waals surface area (Å²) in [5.41, 5.74) is 13.1. The molecule has 44 heavy (non-hydrogen) atoms. The second kappa shape index (κ2) is 8.69. The van der Waals surface area contributed by atoms with Crippen LogP contribution >= 0.6 is 0 Å². The molecule has 0 bridgehead atoms. The van der Waals surface area contributed by atoms with Gasteiger partial charge >= 0.3 is 0 Å². The van der Waals surface area contributed by atoms with Crippen molar-refractivity contribution >= 4 is 55.7 Å². The third-order valence-electron chi connectivity index (χ3n) is 8.76. The van der Waals surface area contributed by atoms with Gasteiger partial charge in [0, 0.05) is 11.4 Å². The van der Waals surface area contributed by atoms with Crippen molar-refractivity contribution in [2.24, 2.45) is 0 Å². The Morgan fingerprint density at radius 1 is 0.341 bits per heavy atom. The summed E-state index contributed by atoms with van der Waals surface area (Å²) >= 11 is 0. The molecule has 0 aliphatic heterocycles. The molecule has 0 amide bonds. The number of rotatable bonds is 3. The molecule has 6 nitrogen and oxygen atoms in total. The molecule has 10 rings (SSSR count). The van der Waals surface area contributed by atoms with E-state index in [2.05, 4.69) is 139 Å². The second-order valence-electron chi connectivity index (χ2n) is 11.2. The first-order valence-corrected chi connectivity index (χ1v) is 14.8. The van der Waals surface area contributed by atoms with Crippen LogP contribution in [0.2, 0.25) is 0 Å². The van der Waals surface area contributed by atoms with Crippen molar-refractivity contribution in [2.45, 2.75) is 0 Å². The van der Waals surface area contributed by atoms with E-state index in [1.807, 2.05) is 24.3 Å². The number of benzene rings is 6. The lowest BCUT2D eigenvalue weighted by Crippen LogP contribution is -1.94. The van der Waals surface area contributed by atoms with Gasteiger partial charge < -0.3 is 0 Å². The summed E-state index contributed by atoms with van der Waals surface area (Å²) in [5.74, 6) is 1.82. The molecule has 6 aromatic carbocycles. The number of hydrogen-bond acceptors (Lipinski definition) is 2. The Hall–Kier alpha value is -6.14. The molecule has 4 aromatic heterocycles. The Morgan fingerprint density at radius 2 is 0.750 bits per heavy atom. The van der Waals surface area contributed by atoms with Crippen LogP contribution in [0.1, 0.15) is 0 Å². The van der Waals surface area contributed by atoms with E-state index in [0.29, 0.717) is 0 Å². The van der Waals surface area contributed by atoms with Crippen LogP contribution in [0.15, 0.2) is 146 Å². The summed E-state index contributed by atoms with van der Waals surface area (Å²) in [6.07, 6.45) is 0. The Kier molecular flexibility index (Phi) is 4.63. The first-order chi connectivity index (χ1) is 21.8. The zero-order chi connectivity index (χ0) is 28.8. The maximum atomic E-state index is 5.07. The Balaban J connectivity index is 1.26. The van der Waals surface area contributed by atoms with Crippen LogP contribution in [0.3, 0.4) is 0 Å². The van der Waals surface area contributed by atoms with E-state index >= 15 is 0 Å². The lowest BCUT2D eigenvalue weighted by Gasteiger charge is -2.08. The predicted octanol–water partition coefficient (Wildman–Crippen LogP) is 8.84. The molecule has 0 atom stereocenters. The van der Waals surface area contributed by atoms with E-state index in [1.54, 1.807) is 0 Å². The maximum absolute atomic E-state index is 5.07. The molecular weight excluding hydrogens is 540 g/mol. The van der Waals surface area contributed by atoms with Crippen molar-refractivity contribution in [3.63, 3.8) is 0 Å². The van der Waals surface area contributed by atoms with Crippen LogP contribution in [-0.4, -0.2) is 27.9 Å². The standard InChI is InChI=1S/C38H24N6/c1-3-11-27(12-4-1)41-33-21-19-25(23-35(33)43-31-17-9-7-15-29(31)39-37(41)43)26-20-22-34-36(24-26)44-32-18-10-8-16-30(32)40-38(44)42(34)28-13-5-2-6-14-28/h1-24H. The van der Waals surface area contributed by atoms with Gasteiger partial charge in [-0.25, -0.2) is 9.97 Å². The predicted molar refractivity (Wildman–Crippen MR) is 178 cm³/mol. The van der Waals surface area contributed by atoms with E-state index < -0.39 is 0 Å². The van der Waals surface area contributed by atoms with E-state index in [9.17, 15) is 0 Å². The van der Waals surface area contributed by atoms with Gasteiger partial charge in [-0.2, -0.15) is 0 Å². The van der Waals surface area contributed by atoms with Gasteiger partial charge in [0.1, 0.15) is 0 Å². The highest BCUT2D eigenvalue weighted by molar-refractivity contribution is 5.97. The van der Waals surface area contributed by atoms with Crippen LogP contribution in [-0.2, 0) is 0 Å². The first-order valence-electron chi connectivity index (χ1n) is 14.8. The SMILES string of the molecule is c1ccc(-n2c3ccc(-c4ccc5c(c4)n4c6ccccc6nc4n5-c4ccccc4)cc3n3c4ccccc4nc23)cc1. The van der Waals surface area contributed by atoms with Gasteiger partial charge in [0.25, 0.3) is 0 Å². The maximum Gasteiger partial charge on any atom is 0.220 e. The van der Waals surface area contributed by atoms with Gasteiger partial charge in [-0.1, -0.05) is 72.8 Å². The summed E-state index contributed by atoms with van der Waals surface area (Å²) in [5, 5.41) is 0. The van der Waals surface area contributed by atoms with Crippen molar-refractivity contribution in [2.75, 3.05) is 0 Å². The lowest BCUT2D eigenvalue weighted by atomic mass is 10.0. The summed E-state index contributed by atoms with van der Waals surface area (Å²) in [7, 11) is 0. The van der Waals surface area contributed by atoms with Gasteiger partial charge in [0.05, 0.1) is 44.1 Å². The topological polar surface area (TPSA) is 44.5 Å². The van der Waals surface area contributed by atoms with Gasteiger partial charge in [0.15, 0.2) is 0 Å². The van der Waals surface area contributed by atoms with Crippen molar-refractivity contribution in [3.8, 4) is 22.5 Å². The van der Waals surface area contributed by atoms with Crippen LogP contribution in [0.5, 0.6) is 0 Å². The Bertz CT molecular complexity index is 2520. The molecule has 0 aliphatic rings. The molecular formula is C38H24N6. The third kappa shape index (κ3) is 3.14. The summed E-state index contributed by atoms with van der Waals surface area (Å²) in [4.78, 5) is 10.1. The van der Waals surface area contributed by atoms with Crippen LogP contribution in [0.4, 0.5) is 0 Å². The number of imidazole rings is 4. The number of para-hydroxylation sites is 6. The first kappa shape index (κ1) is 23.4. The fourth-order valence-corrected chi connectivity index (χ4v) is 6.82. The highest BCUT2D eigenvalue weighted by Gasteiger charge is 2.20. The number of nitrogens with zero attached hydrogens (tertiary/aromatic N) is 6. The smallest absolute Gasteiger partial charge is 0.220 e. The average Bonchev–Trinajstić information content (AvgIpc) is 3.81. The minimum absolute atomic E-state index is 0.909. The molecule has 0 saturated heterocycles. The van der Waals surface area contributed by atoms with Crippen molar-refractivity contribution < 1.29 is 0 Å². The fourth-order valence-electron chi connectivity index (χ4n) is 6.82. The molecule has 0 saturated carbocycles. The lowest BCUT2D eigenvalue weighted by molar-refractivity contribution is 1.11. The van der Waals surface area contributed by atoms with E-state index in [0.717, 1.165) is 78.2 Å². The van der Waals surface area contributed by atoms with Crippen molar-refractivity contribution in [1.82, 2.24) is 27.9 Å². The fraction of sp³-hybridized carbons (Fsp3) is 0. The highest BCUT2D eigenvalue weighted by Crippen LogP contribution is 2.35. The molecule has 206 valence electrons. The Labute approximate surface area is 251 Å². The third-order valence-corrected chi connectivity index (χ3v) is 8.76. The van der Waals surface area contributed by atoms with Crippen LogP contribution in [0.25, 0.3) is 78.2 Å². The molecule has 0 spiro atoms. The molecule has 0 fully saturated rings. The second-order valence-corrected chi connectivity index (χ2v) is 11.2. The average molecular weight is 565 g/mol. The van der Waals surface area contributed by atoms with E-state index in [1.165, 1.54) is 0 Å². The Morgan fingerprint density at radius 3 is 1.20 bits per heavy atom. The van der Waals surface area contributed by atoms with Gasteiger partial charge in [-0.15, -0.1) is 0 Å². The zero-order valence-electron chi connectivity index (χ0n) is 23.5. The quantitative estimate of drug-likeness (QED) is 0.215. The molecule has 0 N–H and O–H groups in total. The number of aromatic nitrogens is 6. The van der Waals surface area contributed by atoms with Crippen molar-refractivity contribution in [3.05, 3.63) is 146 Å². The molecule has 0 unspecified atom stereocenters. The molecule has 6 heteroatoms. The molecule has 0 aliphatic carbocycles. The van der Waals surface area contributed by atoms with Crippen molar-refractivity contribution in [1.29, 1.82) is 0 Å². The largest absolute Gasteiger partial charge is 0.278 e. The molecule has 0 radical (unpaired) electrons. The van der Waals surface area contributed by atoms with E-state index in [4.69, 9.17) is 9.97 Å². The van der Waals surface area contributed by atoms with Gasteiger partial charge in [0.2, 0.25) is 11.6 Å². The van der Waals surface area contributed by atoms with E-state index in [-0.39, 0.29) is 0 Å². The minimum Gasteiger partial charge on any atom is -0.278 e. The summed E-state index contributed by atoms with van der Waals surface area (Å²) in [6.45, 7) is 0. The normalized spacial score (nSPS) is 12.1. The monoisotopic (exact) mass is 564 g/mol. The summed E-state index contributed by atoms with van der Waals surface area (Å²) < 4.78 is 9.08. The number of hydrogen-bond donors (Lipinski definition) is 0. The van der Waals surface area contributed by atoms with Gasteiger partial charge in [-0.05, 0) is 83.9 Å². The number of fused-ring (bicyclic) bond motifs is 10. The molecule has 4 heterocycles. The van der Waals surface area contributed by atoms with Crippen LogP contribution in [0, 0.1) is 0 Å². The summed E-state index contributed by atoms with van der Waals surface area (Å²) in [6, 6.07) is 51.2. The van der Waals surface area contributed by atoms with Crippen LogP contribution < -0.4 is 0 Å². The minimum atomic E-state index is 0.909. The van der Waals surface area contributed by atoms with Gasteiger partial charge in [-0.3, -0.25) is 17.9 Å². The molecule has 10 aromatic rings. The highest BCUT2D eigenvalue weighted by atomic mass is 15.2.